The summed E-state index contributed by atoms with van der Waals surface area (Å²) in [6, 6.07) is 11.5. The van der Waals surface area contributed by atoms with Gasteiger partial charge in [-0.05, 0) is 49.2 Å². The summed E-state index contributed by atoms with van der Waals surface area (Å²) in [5.74, 6) is 5.62. The number of aryl methyl sites for hydroxylation is 1. The molecule has 0 amide bonds. The Morgan fingerprint density at radius 1 is 1.18 bits per heavy atom. The van der Waals surface area contributed by atoms with Crippen molar-refractivity contribution in [2.45, 2.75) is 19.4 Å². The van der Waals surface area contributed by atoms with Crippen LogP contribution in [0.4, 0.5) is 4.39 Å². The second kappa shape index (κ2) is 11.4. The van der Waals surface area contributed by atoms with Crippen molar-refractivity contribution in [3.8, 4) is 11.4 Å². The first kappa shape index (κ1) is 28.1. The number of hydrazone groups is 1. The maximum Gasteiger partial charge on any atom is 0.260 e. The van der Waals surface area contributed by atoms with Crippen LogP contribution >= 0.6 is 11.6 Å². The summed E-state index contributed by atoms with van der Waals surface area (Å²) in [6.07, 6.45) is 6.10. The molecule has 0 aliphatic rings. The molecule has 12 heteroatoms. The van der Waals surface area contributed by atoms with Gasteiger partial charge in [0.05, 0.1) is 47.2 Å². The van der Waals surface area contributed by atoms with Crippen LogP contribution in [0.3, 0.4) is 0 Å². The van der Waals surface area contributed by atoms with E-state index in [4.69, 9.17) is 22.2 Å². The van der Waals surface area contributed by atoms with Gasteiger partial charge < -0.3 is 19.7 Å². The molecule has 9 nitrogen and oxygen atoms in total. The Bertz CT molecular complexity index is 1700. The van der Waals surface area contributed by atoms with Crippen LogP contribution in [0.25, 0.3) is 5.69 Å². The molecule has 4 rings (SSSR count). The van der Waals surface area contributed by atoms with Crippen LogP contribution in [0.2, 0.25) is 5.02 Å². The highest BCUT2D eigenvalue weighted by molar-refractivity contribution is 7.90. The predicted molar refractivity (Wildman–Crippen MR) is 149 cm³/mol. The number of rotatable bonds is 9. The lowest BCUT2D eigenvalue weighted by molar-refractivity contribution is 0.413. The summed E-state index contributed by atoms with van der Waals surface area (Å²) in [7, 11) is -1.84. The number of aromatic nitrogens is 3. The Kier molecular flexibility index (Phi) is 8.22. The fraction of sp³-hybridized carbons (Fsp3) is 0.222. The lowest BCUT2D eigenvalue weighted by Gasteiger charge is -2.22. The average molecular weight is 572 g/mol. The minimum absolute atomic E-state index is 0.0616. The third-order valence-electron chi connectivity index (χ3n) is 6.19. The van der Waals surface area contributed by atoms with Crippen molar-refractivity contribution < 1.29 is 17.5 Å². The number of benzene rings is 2. The highest BCUT2D eigenvalue weighted by Gasteiger charge is 2.23. The van der Waals surface area contributed by atoms with Crippen molar-refractivity contribution in [1.82, 2.24) is 14.1 Å². The molecule has 0 aliphatic carbocycles. The van der Waals surface area contributed by atoms with Gasteiger partial charge in [0.2, 0.25) is 0 Å². The summed E-state index contributed by atoms with van der Waals surface area (Å²) in [6.45, 7) is 1.87. The molecule has 0 saturated heterocycles. The van der Waals surface area contributed by atoms with E-state index in [0.717, 1.165) is 17.6 Å². The van der Waals surface area contributed by atoms with Crippen molar-refractivity contribution >= 4 is 27.1 Å². The summed E-state index contributed by atoms with van der Waals surface area (Å²) in [5, 5.41) is 4.11. The van der Waals surface area contributed by atoms with E-state index in [1.165, 1.54) is 48.2 Å². The minimum atomic E-state index is -3.36. The zero-order chi connectivity index (χ0) is 28.3. The van der Waals surface area contributed by atoms with Gasteiger partial charge in [0.15, 0.2) is 0 Å². The molecule has 0 radical (unpaired) electrons. The van der Waals surface area contributed by atoms with Gasteiger partial charge in [-0.25, -0.2) is 17.8 Å². The molecule has 0 bridgehead atoms. The Balaban J connectivity index is 1.83. The maximum absolute atomic E-state index is 13.8. The Morgan fingerprint density at radius 2 is 1.90 bits per heavy atom. The van der Waals surface area contributed by atoms with E-state index in [0.29, 0.717) is 16.9 Å². The molecular weight excluding hydrogens is 545 g/mol. The van der Waals surface area contributed by atoms with Gasteiger partial charge in [-0.15, -0.1) is 0 Å². The molecule has 204 valence electrons. The molecule has 0 aliphatic heterocycles. The molecule has 39 heavy (non-hydrogen) atoms. The maximum atomic E-state index is 13.8. The first-order valence-electron chi connectivity index (χ1n) is 11.8. The summed E-state index contributed by atoms with van der Waals surface area (Å²) in [4.78, 5) is 18.1. The monoisotopic (exact) mass is 571 g/mol. The van der Waals surface area contributed by atoms with Gasteiger partial charge in [0.1, 0.15) is 27.1 Å². The fourth-order valence-electron chi connectivity index (χ4n) is 4.34. The van der Waals surface area contributed by atoms with Gasteiger partial charge in [-0.3, -0.25) is 4.79 Å². The number of imidazole rings is 1. The van der Waals surface area contributed by atoms with Crippen LogP contribution in [0.1, 0.15) is 34.8 Å². The van der Waals surface area contributed by atoms with E-state index in [1.807, 2.05) is 13.1 Å². The molecule has 1 atom stereocenters. The number of nitrogens with zero attached hydrogens (tertiary/aromatic N) is 4. The van der Waals surface area contributed by atoms with Crippen molar-refractivity contribution in [3.05, 3.63) is 111 Å². The molecule has 1 unspecified atom stereocenters. The van der Waals surface area contributed by atoms with Gasteiger partial charge in [-0.2, -0.15) is 5.10 Å². The summed E-state index contributed by atoms with van der Waals surface area (Å²) >= 11 is 6.45. The number of nitrogens with two attached hydrogens (primary N) is 1. The molecule has 2 N–H and O–H groups in total. The highest BCUT2D eigenvalue weighted by Crippen LogP contribution is 2.27. The first-order valence-corrected chi connectivity index (χ1v) is 14.3. The second-order valence-corrected chi connectivity index (χ2v) is 11.8. The van der Waals surface area contributed by atoms with E-state index in [2.05, 4.69) is 10.1 Å². The number of halogens is 2. The third-order valence-corrected chi connectivity index (χ3v) is 7.37. The van der Waals surface area contributed by atoms with Gasteiger partial charge in [-0.1, -0.05) is 29.8 Å². The molecule has 0 saturated carbocycles. The Labute approximate surface area is 230 Å². The van der Waals surface area contributed by atoms with E-state index in [-0.39, 0.29) is 28.5 Å². The number of hydrogen-bond donors (Lipinski definition) is 1. The van der Waals surface area contributed by atoms with E-state index in [1.54, 1.807) is 29.1 Å². The molecule has 2 heterocycles. The van der Waals surface area contributed by atoms with Crippen LogP contribution in [-0.4, -0.2) is 47.4 Å². The standard InChI is InChI=1S/C27H27ClFN5O4S/c1-17-14-33(16-31-17)24-9-6-19(12-25(24)38-2)26(32-30)22-13-20(28)15-34(27(22)35)23(10-11-39(3,36)37)18-4-7-21(29)8-5-18/h4-9,12-16,23H,10-11,30H2,1-3H3/b32-26+. The topological polar surface area (TPSA) is 122 Å². The van der Waals surface area contributed by atoms with Crippen LogP contribution in [-0.2, 0) is 9.84 Å². The van der Waals surface area contributed by atoms with Crippen molar-refractivity contribution in [2.24, 2.45) is 10.9 Å². The van der Waals surface area contributed by atoms with Crippen LogP contribution in [0.15, 0.2) is 77.1 Å². The van der Waals surface area contributed by atoms with Gasteiger partial charge >= 0.3 is 0 Å². The minimum Gasteiger partial charge on any atom is -0.495 e. The SMILES string of the molecule is COc1cc(/C(=N\N)c2cc(Cl)cn(C(CCS(C)(=O)=O)c3ccc(F)cc3)c2=O)ccc1-n1cnc(C)c1. The quantitative estimate of drug-likeness (QED) is 0.185. The number of methoxy groups -OCH3 is 1. The molecular formula is C27H27ClFN5O4S. The first-order chi connectivity index (χ1) is 18.5. The summed E-state index contributed by atoms with van der Waals surface area (Å²) < 4.78 is 46.3. The second-order valence-electron chi connectivity index (χ2n) is 9.06. The van der Waals surface area contributed by atoms with Crippen molar-refractivity contribution in [2.75, 3.05) is 19.1 Å². The number of pyridine rings is 1. The van der Waals surface area contributed by atoms with Gasteiger partial charge in [0, 0.05) is 24.2 Å². The van der Waals surface area contributed by atoms with E-state index >= 15 is 0 Å². The number of sulfone groups is 1. The largest absolute Gasteiger partial charge is 0.495 e. The fourth-order valence-corrected chi connectivity index (χ4v) is 5.20. The zero-order valence-corrected chi connectivity index (χ0v) is 23.1. The lowest BCUT2D eigenvalue weighted by Crippen LogP contribution is -2.31. The van der Waals surface area contributed by atoms with Crippen LogP contribution in [0.5, 0.6) is 5.75 Å². The lowest BCUT2D eigenvalue weighted by atomic mass is 10.0. The molecule has 4 aromatic rings. The predicted octanol–water partition coefficient (Wildman–Crippen LogP) is 3.88. The zero-order valence-electron chi connectivity index (χ0n) is 21.5. The van der Waals surface area contributed by atoms with Crippen molar-refractivity contribution in [3.63, 3.8) is 0 Å². The Hall–Kier alpha value is -3.96. The average Bonchev–Trinajstić information content (AvgIpc) is 3.33. The van der Waals surface area contributed by atoms with Crippen molar-refractivity contribution in [1.29, 1.82) is 0 Å². The molecule has 2 aromatic heterocycles. The summed E-state index contributed by atoms with van der Waals surface area (Å²) in [5.41, 5.74) is 2.35. The normalized spacial score (nSPS) is 12.9. The smallest absolute Gasteiger partial charge is 0.260 e. The molecule has 0 fully saturated rings. The highest BCUT2D eigenvalue weighted by atomic mass is 35.5. The Morgan fingerprint density at radius 3 is 2.49 bits per heavy atom. The molecule has 2 aromatic carbocycles. The molecule has 0 spiro atoms. The van der Waals surface area contributed by atoms with Crippen LogP contribution in [0, 0.1) is 12.7 Å². The number of ether oxygens (including phenoxy) is 1. The number of hydrogen-bond acceptors (Lipinski definition) is 7. The van der Waals surface area contributed by atoms with Crippen LogP contribution < -0.4 is 16.1 Å². The van der Waals surface area contributed by atoms with E-state index < -0.39 is 27.3 Å². The third kappa shape index (κ3) is 6.37. The van der Waals surface area contributed by atoms with E-state index in [9.17, 15) is 17.6 Å². The van der Waals surface area contributed by atoms with Gasteiger partial charge in [0.25, 0.3) is 5.56 Å².